The molecule has 1 aromatic heterocycles. The highest BCUT2D eigenvalue weighted by atomic mass is 16.5. The maximum atomic E-state index is 11.5. The molecule has 10 heteroatoms. The fourth-order valence-corrected chi connectivity index (χ4v) is 2.34. The molecule has 0 atom stereocenters. The van der Waals surface area contributed by atoms with Crippen LogP contribution >= 0.6 is 0 Å². The summed E-state index contributed by atoms with van der Waals surface area (Å²) in [5.74, 6) is -0.0258. The number of aromatic nitrogens is 2. The van der Waals surface area contributed by atoms with E-state index in [0.717, 1.165) is 0 Å². The fourth-order valence-electron chi connectivity index (χ4n) is 2.34. The summed E-state index contributed by atoms with van der Waals surface area (Å²) in [4.78, 5) is 26.2. The first-order valence-corrected chi connectivity index (χ1v) is 7.89. The number of nitrogens with one attached hydrogen (secondary N) is 1. The fraction of sp³-hybridized carbons (Fsp3) is 0.312. The van der Waals surface area contributed by atoms with E-state index in [1.807, 2.05) is 0 Å². The molecule has 0 saturated heterocycles. The lowest BCUT2D eigenvalue weighted by atomic mass is 10.1. The molecule has 10 nitrogen and oxygen atoms in total. The van der Waals surface area contributed by atoms with Gasteiger partial charge in [-0.3, -0.25) is 4.79 Å². The van der Waals surface area contributed by atoms with E-state index in [-0.39, 0.29) is 31.3 Å². The smallest absolute Gasteiger partial charge is 0.404 e. The Kier molecular flexibility index (Phi) is 6.39. The molecule has 140 valence electrons. The number of fused-ring (bicyclic) bond motifs is 1. The summed E-state index contributed by atoms with van der Waals surface area (Å²) in [6.45, 7) is 0.708. The molecule has 7 N–H and O–H groups in total. The third-order valence-electron chi connectivity index (χ3n) is 3.51. The number of primary amides is 1. The van der Waals surface area contributed by atoms with Gasteiger partial charge >= 0.3 is 6.09 Å². The number of nitrogens with two attached hydrogens (primary N) is 2. The van der Waals surface area contributed by atoms with E-state index < -0.39 is 12.0 Å². The number of ether oxygens (including phenoxy) is 1. The molecule has 0 aliphatic heterocycles. The minimum atomic E-state index is -1.11. The average molecular weight is 363 g/mol. The Hall–Kier alpha value is -3.27. The van der Waals surface area contributed by atoms with Gasteiger partial charge in [-0.2, -0.15) is 0 Å². The van der Waals surface area contributed by atoms with Crippen molar-refractivity contribution < 1.29 is 24.5 Å². The van der Waals surface area contributed by atoms with E-state index in [4.69, 9.17) is 26.4 Å². The summed E-state index contributed by atoms with van der Waals surface area (Å²) in [7, 11) is 0. The summed E-state index contributed by atoms with van der Waals surface area (Å²) >= 11 is 0. The number of carbonyl (C=O) groups is 2. The van der Waals surface area contributed by atoms with Gasteiger partial charge in [0.2, 0.25) is 11.9 Å². The molecule has 0 radical (unpaired) electrons. The zero-order valence-corrected chi connectivity index (χ0v) is 14.0. The van der Waals surface area contributed by atoms with Crippen LogP contribution in [0.25, 0.3) is 11.0 Å². The van der Waals surface area contributed by atoms with Gasteiger partial charge in [0.15, 0.2) is 0 Å². The van der Waals surface area contributed by atoms with Gasteiger partial charge in [0.05, 0.1) is 12.1 Å². The van der Waals surface area contributed by atoms with E-state index in [1.54, 1.807) is 16.7 Å². The molecule has 0 aliphatic carbocycles. The number of hydrogen-bond acceptors (Lipinski definition) is 6. The van der Waals surface area contributed by atoms with E-state index in [1.165, 1.54) is 12.1 Å². The number of rotatable bonds is 9. The topological polar surface area (TPSA) is 166 Å². The lowest BCUT2D eigenvalue weighted by Crippen LogP contribution is -2.20. The molecule has 0 spiro atoms. The molecule has 2 rings (SSSR count). The summed E-state index contributed by atoms with van der Waals surface area (Å²) in [5, 5.41) is 19.7. The van der Waals surface area contributed by atoms with Crippen LogP contribution < -0.4 is 21.5 Å². The minimum absolute atomic E-state index is 0.0284. The number of aliphatic hydroxyl groups is 1. The third-order valence-corrected chi connectivity index (χ3v) is 3.51. The van der Waals surface area contributed by atoms with Crippen LogP contribution in [0.5, 0.6) is 5.75 Å². The monoisotopic (exact) mass is 363 g/mol. The zero-order valence-electron chi connectivity index (χ0n) is 14.0. The second kappa shape index (κ2) is 8.72. The molecule has 0 saturated carbocycles. The molecular formula is C16H21N5O5. The van der Waals surface area contributed by atoms with Gasteiger partial charge in [-0.25, -0.2) is 9.78 Å². The van der Waals surface area contributed by atoms with Crippen molar-refractivity contribution in [3.05, 3.63) is 29.8 Å². The number of carbonyl (C=O) groups excluding carboxylic acids is 1. The standard InChI is InChI=1S/C16H21N5O5/c17-14(23)10-8-11-13(12(9-10)26-7-3-6-22)21(15(18)20-11)5-2-1-4-19-16(24)25/h1-2,8-9,19,22H,3-7H2,(H2,17,23)(H2,18,20)(H,24,25)/b2-1+. The van der Waals surface area contributed by atoms with Gasteiger partial charge in [0, 0.05) is 31.7 Å². The normalized spacial score (nSPS) is 11.1. The first-order chi connectivity index (χ1) is 12.4. The minimum Gasteiger partial charge on any atom is -0.491 e. The number of nitrogens with zero attached hydrogens (tertiary/aromatic N) is 2. The second-order valence-electron chi connectivity index (χ2n) is 5.37. The summed E-state index contributed by atoms with van der Waals surface area (Å²) in [6.07, 6.45) is 2.68. The SMILES string of the molecule is NC(=O)c1cc(OCCCO)c2c(c1)nc(N)n2C/C=C/CNC(=O)O. The molecule has 1 heterocycles. The molecule has 26 heavy (non-hydrogen) atoms. The van der Waals surface area contributed by atoms with Crippen molar-refractivity contribution in [1.82, 2.24) is 14.9 Å². The van der Waals surface area contributed by atoms with Crippen molar-refractivity contribution in [2.75, 3.05) is 25.5 Å². The molecule has 0 unspecified atom stereocenters. The van der Waals surface area contributed by atoms with Crippen LogP contribution in [-0.4, -0.2) is 51.5 Å². The van der Waals surface area contributed by atoms with Crippen molar-refractivity contribution in [2.24, 2.45) is 5.73 Å². The van der Waals surface area contributed by atoms with E-state index in [2.05, 4.69) is 10.3 Å². The van der Waals surface area contributed by atoms with Gasteiger partial charge in [-0.15, -0.1) is 0 Å². The number of benzene rings is 1. The number of aliphatic hydroxyl groups excluding tert-OH is 1. The lowest BCUT2D eigenvalue weighted by Gasteiger charge is -2.11. The Balaban J connectivity index is 2.35. The molecule has 2 amide bonds. The Morgan fingerprint density at radius 3 is 2.77 bits per heavy atom. The average Bonchev–Trinajstić information content (AvgIpc) is 2.90. The molecular weight excluding hydrogens is 342 g/mol. The van der Waals surface area contributed by atoms with Crippen molar-refractivity contribution in [2.45, 2.75) is 13.0 Å². The Labute approximate surface area is 149 Å². The molecule has 0 fully saturated rings. The van der Waals surface area contributed by atoms with Gasteiger partial charge in [0.1, 0.15) is 11.3 Å². The van der Waals surface area contributed by atoms with Crippen LogP contribution in [-0.2, 0) is 6.54 Å². The largest absolute Gasteiger partial charge is 0.491 e. The van der Waals surface area contributed by atoms with Crippen molar-refractivity contribution in [3.8, 4) is 5.75 Å². The van der Waals surface area contributed by atoms with Gasteiger partial charge in [-0.1, -0.05) is 12.2 Å². The van der Waals surface area contributed by atoms with Crippen LogP contribution in [0.2, 0.25) is 0 Å². The van der Waals surface area contributed by atoms with E-state index >= 15 is 0 Å². The third kappa shape index (κ3) is 4.63. The number of amides is 2. The number of anilines is 1. The number of carboxylic acid groups (broad SMARTS) is 1. The van der Waals surface area contributed by atoms with E-state index in [9.17, 15) is 9.59 Å². The molecule has 1 aromatic carbocycles. The Morgan fingerprint density at radius 1 is 1.35 bits per heavy atom. The van der Waals surface area contributed by atoms with Crippen molar-refractivity contribution in [1.29, 1.82) is 0 Å². The van der Waals surface area contributed by atoms with E-state index in [0.29, 0.717) is 29.7 Å². The quantitative estimate of drug-likeness (QED) is 0.315. The van der Waals surface area contributed by atoms with Crippen LogP contribution in [0.1, 0.15) is 16.8 Å². The Bertz CT molecular complexity index is 830. The first kappa shape index (κ1) is 19.1. The lowest BCUT2D eigenvalue weighted by molar-refractivity contribution is 0.0999. The first-order valence-electron chi connectivity index (χ1n) is 7.89. The highest BCUT2D eigenvalue weighted by Crippen LogP contribution is 2.30. The maximum absolute atomic E-state index is 11.5. The predicted molar refractivity (Wildman–Crippen MR) is 95.0 cm³/mol. The molecule has 0 aliphatic rings. The van der Waals surface area contributed by atoms with Crippen molar-refractivity contribution >= 4 is 29.0 Å². The summed E-state index contributed by atoms with van der Waals surface area (Å²) < 4.78 is 7.34. The van der Waals surface area contributed by atoms with Crippen LogP contribution in [0, 0.1) is 0 Å². The van der Waals surface area contributed by atoms with Crippen LogP contribution in [0.3, 0.4) is 0 Å². The number of nitrogen functional groups attached to an aromatic ring is 1. The van der Waals surface area contributed by atoms with Gasteiger partial charge in [-0.05, 0) is 12.1 Å². The molecule has 2 aromatic rings. The highest BCUT2D eigenvalue weighted by Gasteiger charge is 2.16. The van der Waals surface area contributed by atoms with Gasteiger partial charge in [0.25, 0.3) is 0 Å². The van der Waals surface area contributed by atoms with Gasteiger partial charge < -0.3 is 36.3 Å². The number of allylic oxidation sites excluding steroid dienone is 1. The van der Waals surface area contributed by atoms with Crippen LogP contribution in [0.15, 0.2) is 24.3 Å². The predicted octanol–water partition coefficient (Wildman–Crippen LogP) is 0.302. The number of imidazole rings is 1. The maximum Gasteiger partial charge on any atom is 0.404 e. The van der Waals surface area contributed by atoms with Crippen LogP contribution in [0.4, 0.5) is 10.7 Å². The van der Waals surface area contributed by atoms with Crippen molar-refractivity contribution in [3.63, 3.8) is 0 Å². The molecule has 0 bridgehead atoms. The summed E-state index contributed by atoms with van der Waals surface area (Å²) in [6, 6.07) is 3.04. The highest BCUT2D eigenvalue weighted by molar-refractivity contribution is 5.98. The zero-order chi connectivity index (χ0) is 19.1. The number of hydrogen-bond donors (Lipinski definition) is 5. The summed E-state index contributed by atoms with van der Waals surface area (Å²) in [5.41, 5.74) is 12.6. The Morgan fingerprint density at radius 2 is 2.12 bits per heavy atom. The second-order valence-corrected chi connectivity index (χ2v) is 5.37.